The van der Waals surface area contributed by atoms with Crippen molar-refractivity contribution >= 4 is 5.91 Å². The van der Waals surface area contributed by atoms with Gasteiger partial charge >= 0.3 is 0 Å². The molecule has 1 aliphatic carbocycles. The Labute approximate surface area is 123 Å². The summed E-state index contributed by atoms with van der Waals surface area (Å²) in [7, 11) is 0. The second kappa shape index (κ2) is 6.43. The molecule has 1 amide bonds. The Bertz CT molecular complexity index is 430. The van der Waals surface area contributed by atoms with Crippen molar-refractivity contribution in [3.63, 3.8) is 0 Å². The summed E-state index contributed by atoms with van der Waals surface area (Å²) >= 11 is 0. The number of hydrogen-bond acceptors (Lipinski definition) is 1. The van der Waals surface area contributed by atoms with Gasteiger partial charge in [-0.15, -0.1) is 0 Å². The van der Waals surface area contributed by atoms with Crippen LogP contribution in [0.15, 0.2) is 30.3 Å². The summed E-state index contributed by atoms with van der Waals surface area (Å²) in [5.41, 5.74) is 1.33. The molecule has 0 radical (unpaired) electrons. The molecule has 1 fully saturated rings. The fourth-order valence-corrected chi connectivity index (χ4v) is 3.65. The molecule has 2 nitrogen and oxygen atoms in total. The molecule has 2 rings (SSSR count). The van der Waals surface area contributed by atoms with Crippen LogP contribution < -0.4 is 0 Å². The number of rotatable bonds is 4. The zero-order valence-electron chi connectivity index (χ0n) is 13.2. The van der Waals surface area contributed by atoms with E-state index >= 15 is 0 Å². The Morgan fingerprint density at radius 2 is 1.65 bits per heavy atom. The molecule has 2 heteroatoms. The lowest BCUT2D eigenvalue weighted by Gasteiger charge is -2.34. The zero-order chi connectivity index (χ0) is 14.7. The standard InChI is InChI=1S/C18H27NO/c1-13(2)19(14(3)4)18(20)17-12-8-11-16(17)15-9-6-5-7-10-15/h5-7,9-10,13-14,16-17H,8,11-12H2,1-4H3/t16?,17-/m0/s1. The number of carbonyl (C=O) groups excluding carboxylic acids is 1. The van der Waals surface area contributed by atoms with Gasteiger partial charge in [-0.1, -0.05) is 36.8 Å². The first kappa shape index (κ1) is 15.1. The third-order valence-corrected chi connectivity index (χ3v) is 4.43. The van der Waals surface area contributed by atoms with E-state index in [1.165, 1.54) is 12.0 Å². The van der Waals surface area contributed by atoms with Crippen LogP contribution in [-0.2, 0) is 4.79 Å². The van der Waals surface area contributed by atoms with Gasteiger partial charge in [0, 0.05) is 18.0 Å². The van der Waals surface area contributed by atoms with Crippen LogP contribution in [0.2, 0.25) is 0 Å². The molecule has 1 saturated carbocycles. The summed E-state index contributed by atoms with van der Waals surface area (Å²) in [5.74, 6) is 0.923. The number of carbonyl (C=O) groups is 1. The molecule has 110 valence electrons. The van der Waals surface area contributed by atoms with E-state index in [2.05, 4.69) is 56.9 Å². The average Bonchev–Trinajstić information content (AvgIpc) is 2.88. The lowest BCUT2D eigenvalue weighted by Crippen LogP contribution is -2.45. The van der Waals surface area contributed by atoms with Crippen LogP contribution in [-0.4, -0.2) is 22.9 Å². The first-order valence-corrected chi connectivity index (χ1v) is 7.89. The maximum absolute atomic E-state index is 12.9. The van der Waals surface area contributed by atoms with Crippen molar-refractivity contribution in [1.82, 2.24) is 4.90 Å². The average molecular weight is 273 g/mol. The monoisotopic (exact) mass is 273 g/mol. The van der Waals surface area contributed by atoms with Crippen LogP contribution in [0.4, 0.5) is 0 Å². The van der Waals surface area contributed by atoms with E-state index < -0.39 is 0 Å². The van der Waals surface area contributed by atoms with E-state index in [0.29, 0.717) is 11.8 Å². The van der Waals surface area contributed by atoms with Crippen molar-refractivity contribution < 1.29 is 4.79 Å². The molecule has 0 bridgehead atoms. The molecule has 2 atom stereocenters. The van der Waals surface area contributed by atoms with E-state index in [4.69, 9.17) is 0 Å². The minimum atomic E-state index is 0.169. The maximum atomic E-state index is 12.9. The van der Waals surface area contributed by atoms with Gasteiger partial charge in [0.05, 0.1) is 0 Å². The molecule has 0 saturated heterocycles. The number of benzene rings is 1. The molecular formula is C18H27NO. The molecule has 0 heterocycles. The molecular weight excluding hydrogens is 246 g/mol. The quantitative estimate of drug-likeness (QED) is 0.804. The summed E-state index contributed by atoms with van der Waals surface area (Å²) < 4.78 is 0. The van der Waals surface area contributed by atoms with Gasteiger partial charge in [-0.3, -0.25) is 4.79 Å². The van der Waals surface area contributed by atoms with Crippen LogP contribution >= 0.6 is 0 Å². The lowest BCUT2D eigenvalue weighted by molar-refractivity contribution is -0.139. The van der Waals surface area contributed by atoms with Crippen molar-refractivity contribution in [2.45, 2.75) is 65.0 Å². The third kappa shape index (κ3) is 3.05. The van der Waals surface area contributed by atoms with Crippen LogP contribution in [0.25, 0.3) is 0 Å². The first-order valence-electron chi connectivity index (χ1n) is 7.89. The summed E-state index contributed by atoms with van der Waals surface area (Å²) in [6.07, 6.45) is 3.35. The summed E-state index contributed by atoms with van der Waals surface area (Å²) in [4.78, 5) is 15.0. The second-order valence-corrected chi connectivity index (χ2v) is 6.49. The van der Waals surface area contributed by atoms with Gasteiger partial charge in [-0.25, -0.2) is 0 Å². The van der Waals surface area contributed by atoms with Gasteiger partial charge in [-0.2, -0.15) is 0 Å². The topological polar surface area (TPSA) is 20.3 Å². The van der Waals surface area contributed by atoms with Crippen LogP contribution in [0.3, 0.4) is 0 Å². The molecule has 20 heavy (non-hydrogen) atoms. The highest BCUT2D eigenvalue weighted by atomic mass is 16.2. The third-order valence-electron chi connectivity index (χ3n) is 4.43. The molecule has 0 N–H and O–H groups in total. The minimum absolute atomic E-state index is 0.169. The highest BCUT2D eigenvalue weighted by molar-refractivity contribution is 5.80. The molecule has 0 spiro atoms. The first-order chi connectivity index (χ1) is 9.52. The van der Waals surface area contributed by atoms with Gasteiger partial charge in [0.2, 0.25) is 5.91 Å². The van der Waals surface area contributed by atoms with Crippen molar-refractivity contribution in [3.05, 3.63) is 35.9 Å². The lowest BCUT2D eigenvalue weighted by atomic mass is 9.87. The Morgan fingerprint density at radius 1 is 1.05 bits per heavy atom. The van der Waals surface area contributed by atoms with Crippen molar-refractivity contribution in [2.24, 2.45) is 5.92 Å². The fraction of sp³-hybridized carbons (Fsp3) is 0.611. The van der Waals surface area contributed by atoms with Crippen molar-refractivity contribution in [3.8, 4) is 0 Å². The van der Waals surface area contributed by atoms with E-state index in [0.717, 1.165) is 12.8 Å². The summed E-state index contributed by atoms with van der Waals surface area (Å²) in [6, 6.07) is 11.1. The summed E-state index contributed by atoms with van der Waals surface area (Å²) in [5, 5.41) is 0. The summed E-state index contributed by atoms with van der Waals surface area (Å²) in [6.45, 7) is 8.46. The van der Waals surface area contributed by atoms with E-state index in [9.17, 15) is 4.79 Å². The predicted molar refractivity (Wildman–Crippen MR) is 83.6 cm³/mol. The number of amides is 1. The number of hydrogen-bond donors (Lipinski definition) is 0. The maximum Gasteiger partial charge on any atom is 0.226 e. The molecule has 1 aliphatic rings. The van der Waals surface area contributed by atoms with Gasteiger partial charge < -0.3 is 4.90 Å². The highest BCUT2D eigenvalue weighted by Gasteiger charge is 2.37. The molecule has 0 aliphatic heterocycles. The highest BCUT2D eigenvalue weighted by Crippen LogP contribution is 2.41. The van der Waals surface area contributed by atoms with Crippen LogP contribution in [0.1, 0.15) is 58.4 Å². The van der Waals surface area contributed by atoms with Gasteiger partial charge in [0.1, 0.15) is 0 Å². The van der Waals surface area contributed by atoms with E-state index in [1.807, 2.05) is 6.07 Å². The molecule has 1 unspecified atom stereocenters. The fourth-order valence-electron chi connectivity index (χ4n) is 3.65. The second-order valence-electron chi connectivity index (χ2n) is 6.49. The zero-order valence-corrected chi connectivity index (χ0v) is 13.2. The van der Waals surface area contributed by atoms with Gasteiger partial charge in [-0.05, 0) is 52.0 Å². The van der Waals surface area contributed by atoms with E-state index in [1.54, 1.807) is 0 Å². The van der Waals surface area contributed by atoms with Crippen LogP contribution in [0, 0.1) is 5.92 Å². The van der Waals surface area contributed by atoms with Crippen molar-refractivity contribution in [1.29, 1.82) is 0 Å². The molecule has 1 aromatic carbocycles. The Kier molecular flexibility index (Phi) is 4.85. The number of nitrogens with zero attached hydrogens (tertiary/aromatic N) is 1. The molecule has 1 aromatic rings. The molecule has 0 aromatic heterocycles. The Balaban J connectivity index is 2.20. The smallest absolute Gasteiger partial charge is 0.226 e. The Hall–Kier alpha value is -1.31. The minimum Gasteiger partial charge on any atom is -0.338 e. The van der Waals surface area contributed by atoms with Gasteiger partial charge in [0.15, 0.2) is 0 Å². The SMILES string of the molecule is CC(C)N(C(=O)[C@H]1CCCC1c1ccccc1)C(C)C. The van der Waals surface area contributed by atoms with Crippen molar-refractivity contribution in [2.75, 3.05) is 0 Å². The normalized spacial score (nSPS) is 22.5. The predicted octanol–water partition coefficient (Wildman–Crippen LogP) is 4.22. The van der Waals surface area contributed by atoms with E-state index in [-0.39, 0.29) is 18.0 Å². The van der Waals surface area contributed by atoms with Crippen LogP contribution in [0.5, 0.6) is 0 Å². The largest absolute Gasteiger partial charge is 0.338 e. The Morgan fingerprint density at radius 3 is 2.20 bits per heavy atom. The van der Waals surface area contributed by atoms with Gasteiger partial charge in [0.25, 0.3) is 0 Å².